The Morgan fingerprint density at radius 3 is 2.67 bits per heavy atom. The molecule has 0 bridgehead atoms. The smallest absolute Gasteiger partial charge is 0.387 e. The molecule has 0 spiro atoms. The second-order valence-corrected chi connectivity index (χ2v) is 8.45. The van der Waals surface area contributed by atoms with Crippen molar-refractivity contribution in [3.63, 3.8) is 0 Å². The molecule has 1 aliphatic carbocycles. The average molecular weight is 462 g/mol. The van der Waals surface area contributed by atoms with E-state index in [1.165, 1.54) is 41.1 Å². The zero-order chi connectivity index (χ0) is 23.5. The normalized spacial score (nSPS) is 18.0. The number of hydrogen-bond acceptors (Lipinski definition) is 4. The summed E-state index contributed by atoms with van der Waals surface area (Å²) >= 11 is 0. The molecule has 1 heterocycles. The molecule has 4 rings (SSSR count). The van der Waals surface area contributed by atoms with Crippen LogP contribution in [0.1, 0.15) is 30.7 Å². The van der Waals surface area contributed by atoms with Crippen LogP contribution in [0.5, 0.6) is 11.5 Å². The van der Waals surface area contributed by atoms with E-state index < -0.39 is 12.4 Å². The molecule has 0 unspecified atom stereocenters. The van der Waals surface area contributed by atoms with Crippen molar-refractivity contribution in [1.29, 1.82) is 0 Å². The zero-order valence-corrected chi connectivity index (χ0v) is 18.2. The summed E-state index contributed by atoms with van der Waals surface area (Å²) < 4.78 is 49.3. The van der Waals surface area contributed by atoms with Crippen LogP contribution in [-0.2, 0) is 9.59 Å². The Bertz CT molecular complexity index is 1030. The van der Waals surface area contributed by atoms with Crippen molar-refractivity contribution in [2.75, 3.05) is 31.6 Å². The molecule has 9 heteroatoms. The van der Waals surface area contributed by atoms with Crippen LogP contribution in [0.4, 0.5) is 18.9 Å². The molecule has 33 heavy (non-hydrogen) atoms. The van der Waals surface area contributed by atoms with Gasteiger partial charge in [-0.15, -0.1) is 0 Å². The van der Waals surface area contributed by atoms with Gasteiger partial charge in [0.05, 0.1) is 6.61 Å². The van der Waals surface area contributed by atoms with Crippen LogP contribution in [-0.4, -0.2) is 50.1 Å². The summed E-state index contributed by atoms with van der Waals surface area (Å²) in [7, 11) is 1.53. The van der Waals surface area contributed by atoms with Crippen LogP contribution < -0.4 is 14.4 Å². The van der Waals surface area contributed by atoms with Crippen molar-refractivity contribution >= 4 is 17.5 Å². The number of anilines is 1. The minimum absolute atomic E-state index is 0.0394. The molecular formula is C24H25F3N2O4. The van der Waals surface area contributed by atoms with E-state index >= 15 is 0 Å². The zero-order valence-electron chi connectivity index (χ0n) is 18.2. The number of nitrogens with zero attached hydrogens (tertiary/aromatic N) is 2. The molecule has 2 amide bonds. The summed E-state index contributed by atoms with van der Waals surface area (Å²) in [6.07, 6.45) is 2.29. The van der Waals surface area contributed by atoms with E-state index in [0.29, 0.717) is 24.8 Å². The lowest BCUT2D eigenvalue weighted by atomic mass is 9.98. The first-order valence-electron chi connectivity index (χ1n) is 10.8. The van der Waals surface area contributed by atoms with Crippen molar-refractivity contribution in [2.24, 2.45) is 5.92 Å². The third kappa shape index (κ3) is 5.77. The van der Waals surface area contributed by atoms with Gasteiger partial charge in [-0.3, -0.25) is 9.59 Å². The Labute approximate surface area is 189 Å². The number of likely N-dealkylation sites (N-methyl/N-ethyl adjacent to an activating group) is 1. The van der Waals surface area contributed by atoms with Gasteiger partial charge in [-0.05, 0) is 54.7 Å². The van der Waals surface area contributed by atoms with Gasteiger partial charge in [0.25, 0.3) is 0 Å². The lowest BCUT2D eigenvalue weighted by Gasteiger charge is -2.22. The third-order valence-electron chi connectivity index (χ3n) is 5.94. The molecular weight excluding hydrogens is 437 g/mol. The van der Waals surface area contributed by atoms with E-state index in [1.54, 1.807) is 18.2 Å². The Morgan fingerprint density at radius 1 is 1.18 bits per heavy atom. The number of ether oxygens (including phenoxy) is 2. The summed E-state index contributed by atoms with van der Waals surface area (Å²) in [4.78, 5) is 28.0. The molecule has 1 saturated carbocycles. The number of benzene rings is 2. The maximum absolute atomic E-state index is 13.5. The lowest BCUT2D eigenvalue weighted by Crippen LogP contribution is -2.39. The molecule has 0 N–H and O–H groups in total. The molecule has 6 nitrogen and oxygen atoms in total. The van der Waals surface area contributed by atoms with E-state index in [-0.39, 0.29) is 42.2 Å². The molecule has 1 aliphatic heterocycles. The number of carbonyl (C=O) groups excluding carboxylic acids is 2. The van der Waals surface area contributed by atoms with Crippen LogP contribution in [0.3, 0.4) is 0 Å². The predicted molar refractivity (Wildman–Crippen MR) is 115 cm³/mol. The van der Waals surface area contributed by atoms with E-state index in [9.17, 15) is 22.8 Å². The lowest BCUT2D eigenvalue weighted by molar-refractivity contribution is -0.132. The second kappa shape index (κ2) is 9.72. The number of likely N-dealkylation sites (tertiary alicyclic amines) is 1. The summed E-state index contributed by atoms with van der Waals surface area (Å²) in [5.41, 5.74) is 1.15. The van der Waals surface area contributed by atoms with Crippen LogP contribution in [0, 0.1) is 11.7 Å². The molecule has 176 valence electrons. The fraction of sp³-hybridized carbons (Fsp3) is 0.417. The molecule has 0 radical (unpaired) electrons. The van der Waals surface area contributed by atoms with Gasteiger partial charge in [0.2, 0.25) is 11.8 Å². The second-order valence-electron chi connectivity index (χ2n) is 8.45. The number of carbonyl (C=O) groups is 2. The highest BCUT2D eigenvalue weighted by molar-refractivity contribution is 5.96. The maximum atomic E-state index is 13.5. The van der Waals surface area contributed by atoms with Crippen molar-refractivity contribution in [2.45, 2.75) is 31.8 Å². The Kier molecular flexibility index (Phi) is 6.76. The summed E-state index contributed by atoms with van der Waals surface area (Å²) in [5, 5.41) is 0. The molecule has 0 aromatic heterocycles. The summed E-state index contributed by atoms with van der Waals surface area (Å²) in [5.74, 6) is -0.581. The Hall–Kier alpha value is -3.23. The van der Waals surface area contributed by atoms with Crippen molar-refractivity contribution in [3.05, 3.63) is 53.8 Å². The number of alkyl halides is 2. The van der Waals surface area contributed by atoms with Gasteiger partial charge >= 0.3 is 6.61 Å². The standard InChI is InChI=1S/C24H25F3N2O4/c1-28(19-4-2-3-18(25)11-19)23(31)13-29-12-17(10-22(29)30)16-7-8-20(33-24(26)27)21(9-16)32-14-15-5-6-15/h2-4,7-9,11,15,17,24H,5-6,10,12-14H2,1H3/t17-/m1/s1. The number of amides is 2. The van der Waals surface area contributed by atoms with Gasteiger partial charge in [0.1, 0.15) is 12.4 Å². The van der Waals surface area contributed by atoms with Gasteiger partial charge in [-0.25, -0.2) is 4.39 Å². The van der Waals surface area contributed by atoms with Gasteiger partial charge in [-0.1, -0.05) is 12.1 Å². The molecule has 1 saturated heterocycles. The van der Waals surface area contributed by atoms with Crippen LogP contribution in [0.25, 0.3) is 0 Å². The van der Waals surface area contributed by atoms with E-state index in [2.05, 4.69) is 4.74 Å². The third-order valence-corrected chi connectivity index (χ3v) is 5.94. The molecule has 2 aromatic carbocycles. The SMILES string of the molecule is CN(C(=O)CN1C[C@H](c2ccc(OC(F)F)c(OCC3CC3)c2)CC1=O)c1cccc(F)c1. The fourth-order valence-electron chi connectivity index (χ4n) is 3.82. The van der Waals surface area contributed by atoms with Crippen LogP contribution >= 0.6 is 0 Å². The molecule has 2 aliphatic rings. The van der Waals surface area contributed by atoms with Gasteiger partial charge in [0, 0.05) is 31.6 Å². The first-order chi connectivity index (χ1) is 15.8. The van der Waals surface area contributed by atoms with Gasteiger partial charge in [-0.2, -0.15) is 8.78 Å². The first kappa shape index (κ1) is 22.9. The molecule has 1 atom stereocenters. The van der Waals surface area contributed by atoms with Crippen molar-refractivity contribution in [1.82, 2.24) is 4.90 Å². The average Bonchev–Trinajstić information content (AvgIpc) is 3.54. The topological polar surface area (TPSA) is 59.1 Å². The highest BCUT2D eigenvalue weighted by Gasteiger charge is 2.33. The maximum Gasteiger partial charge on any atom is 0.387 e. The largest absolute Gasteiger partial charge is 0.489 e. The number of rotatable bonds is 9. The van der Waals surface area contributed by atoms with E-state index in [1.807, 2.05) is 0 Å². The Balaban J connectivity index is 1.43. The minimum atomic E-state index is -2.97. The minimum Gasteiger partial charge on any atom is -0.489 e. The van der Waals surface area contributed by atoms with Crippen molar-refractivity contribution in [3.8, 4) is 11.5 Å². The monoisotopic (exact) mass is 462 g/mol. The van der Waals surface area contributed by atoms with E-state index in [0.717, 1.165) is 18.4 Å². The molecule has 2 fully saturated rings. The predicted octanol–water partition coefficient (Wildman–Crippen LogP) is 4.19. The van der Waals surface area contributed by atoms with E-state index in [4.69, 9.17) is 4.74 Å². The number of hydrogen-bond donors (Lipinski definition) is 0. The summed E-state index contributed by atoms with van der Waals surface area (Å²) in [6, 6.07) is 10.4. The first-order valence-corrected chi connectivity index (χ1v) is 10.8. The fourth-order valence-corrected chi connectivity index (χ4v) is 3.82. The van der Waals surface area contributed by atoms with Crippen LogP contribution in [0.2, 0.25) is 0 Å². The molecule has 2 aromatic rings. The summed E-state index contributed by atoms with van der Waals surface area (Å²) in [6.45, 7) is -2.37. The highest BCUT2D eigenvalue weighted by atomic mass is 19.3. The van der Waals surface area contributed by atoms with Gasteiger partial charge < -0.3 is 19.3 Å². The quantitative estimate of drug-likeness (QED) is 0.561. The number of halogens is 3. The van der Waals surface area contributed by atoms with Crippen molar-refractivity contribution < 1.29 is 32.2 Å². The van der Waals surface area contributed by atoms with Crippen LogP contribution in [0.15, 0.2) is 42.5 Å². The van der Waals surface area contributed by atoms with Gasteiger partial charge in [0.15, 0.2) is 11.5 Å². The Morgan fingerprint density at radius 2 is 1.97 bits per heavy atom. The highest BCUT2D eigenvalue weighted by Crippen LogP contribution is 2.37.